The van der Waals surface area contributed by atoms with E-state index in [1.54, 1.807) is 6.07 Å². The lowest BCUT2D eigenvalue weighted by Crippen LogP contribution is -2.16. The summed E-state index contributed by atoms with van der Waals surface area (Å²) in [5.74, 6) is 0. The summed E-state index contributed by atoms with van der Waals surface area (Å²) >= 11 is 0. The molecule has 14 heavy (non-hydrogen) atoms. The van der Waals surface area contributed by atoms with Crippen molar-refractivity contribution in [3.8, 4) is 11.3 Å². The van der Waals surface area contributed by atoms with Gasteiger partial charge < -0.3 is 5.11 Å². The van der Waals surface area contributed by atoms with Gasteiger partial charge in [-0.15, -0.1) is 0 Å². The molecule has 0 amide bonds. The average Bonchev–Trinajstić information content (AvgIpc) is 2.17. The molecule has 0 atom stereocenters. The number of hydrogen-bond donors (Lipinski definition) is 1. The van der Waals surface area contributed by atoms with Crippen molar-refractivity contribution in [1.29, 1.82) is 0 Å². The van der Waals surface area contributed by atoms with E-state index in [1.807, 2.05) is 0 Å². The van der Waals surface area contributed by atoms with Gasteiger partial charge in [-0.25, -0.2) is 14.3 Å². The van der Waals surface area contributed by atoms with E-state index in [2.05, 4.69) is 4.98 Å². The minimum Gasteiger partial charge on any atom is -0.464 e. The van der Waals surface area contributed by atoms with Crippen LogP contribution in [-0.2, 0) is 0 Å². The Balaban J connectivity index is 2.84. The molecule has 0 radical (unpaired) electrons. The lowest BCUT2D eigenvalue weighted by molar-refractivity contribution is 0.196. The van der Waals surface area contributed by atoms with Crippen molar-refractivity contribution in [2.45, 2.75) is 0 Å². The van der Waals surface area contributed by atoms with Crippen LogP contribution in [0.5, 0.6) is 0 Å². The summed E-state index contributed by atoms with van der Waals surface area (Å²) < 4.78 is 0.913. The zero-order valence-electron chi connectivity index (χ0n) is 7.04. The predicted molar refractivity (Wildman–Crippen MR) is 48.5 cm³/mol. The van der Waals surface area contributed by atoms with Crippen LogP contribution in [0.15, 0.2) is 35.5 Å². The zero-order chi connectivity index (χ0) is 10.1. The molecule has 1 aliphatic heterocycles. The highest BCUT2D eigenvalue weighted by Gasteiger charge is 2.12. The van der Waals surface area contributed by atoms with Gasteiger partial charge in [0, 0.05) is 6.20 Å². The van der Waals surface area contributed by atoms with Crippen LogP contribution in [0.2, 0.25) is 0 Å². The van der Waals surface area contributed by atoms with Crippen molar-refractivity contribution < 1.29 is 9.90 Å². The molecule has 2 aliphatic rings. The Hall–Kier alpha value is -2.17. The minimum absolute atomic E-state index is 0.231. The molecule has 2 rings (SSSR count). The van der Waals surface area contributed by atoms with Crippen molar-refractivity contribution in [1.82, 2.24) is 9.55 Å². The molecular formula is C9H6N2O3. The molecule has 0 fully saturated rings. The van der Waals surface area contributed by atoms with Gasteiger partial charge in [-0.3, -0.25) is 4.79 Å². The van der Waals surface area contributed by atoms with Crippen LogP contribution in [0.4, 0.5) is 4.79 Å². The van der Waals surface area contributed by atoms with Crippen molar-refractivity contribution in [2.24, 2.45) is 0 Å². The van der Waals surface area contributed by atoms with Crippen LogP contribution in [-0.4, -0.2) is 20.8 Å². The lowest BCUT2D eigenvalue weighted by Gasteiger charge is -2.08. The van der Waals surface area contributed by atoms with E-state index in [1.165, 1.54) is 18.3 Å². The molecule has 0 unspecified atom stereocenters. The molecule has 1 heterocycles. The molecule has 0 bridgehead atoms. The maximum absolute atomic E-state index is 11.3. The average molecular weight is 190 g/mol. The van der Waals surface area contributed by atoms with E-state index < -0.39 is 6.09 Å². The fraction of sp³-hybridized carbons (Fsp3) is 0. The number of benzene rings is 1. The molecule has 0 aromatic carbocycles. The molecule has 1 N–H and O–H groups in total. The molecule has 0 aromatic rings. The normalized spacial score (nSPS) is 10.3. The standard InChI is InChI=1S/C9H6N2O3/c12-8-3-1-2-7-6(8)4-10-5-11(7)9(13)14/h1-5H,(H,13,14). The van der Waals surface area contributed by atoms with Crippen LogP contribution in [0.1, 0.15) is 0 Å². The van der Waals surface area contributed by atoms with E-state index in [0.717, 1.165) is 10.9 Å². The Bertz CT molecular complexity index is 518. The highest BCUT2D eigenvalue weighted by atomic mass is 16.4. The van der Waals surface area contributed by atoms with Crippen LogP contribution < -0.4 is 5.43 Å². The first-order chi connectivity index (χ1) is 6.70. The Morgan fingerprint density at radius 3 is 2.93 bits per heavy atom. The smallest absolute Gasteiger partial charge is 0.417 e. The Morgan fingerprint density at radius 1 is 1.43 bits per heavy atom. The predicted octanol–water partition coefficient (Wildman–Crippen LogP) is 0.874. The largest absolute Gasteiger partial charge is 0.464 e. The Labute approximate surface area is 78.6 Å². The van der Waals surface area contributed by atoms with E-state index in [4.69, 9.17) is 5.11 Å². The van der Waals surface area contributed by atoms with Crippen LogP contribution in [0, 0.1) is 0 Å². The van der Waals surface area contributed by atoms with Crippen LogP contribution in [0.25, 0.3) is 11.3 Å². The molecular weight excluding hydrogens is 184 g/mol. The van der Waals surface area contributed by atoms with Crippen molar-refractivity contribution in [2.75, 3.05) is 0 Å². The Kier molecular flexibility index (Phi) is 1.78. The third-order valence-electron chi connectivity index (χ3n) is 1.89. The fourth-order valence-corrected chi connectivity index (χ4v) is 1.26. The second kappa shape index (κ2) is 2.95. The summed E-state index contributed by atoms with van der Waals surface area (Å²) in [6.45, 7) is 0. The summed E-state index contributed by atoms with van der Waals surface area (Å²) in [6.07, 6.45) is 1.36. The second-order valence-electron chi connectivity index (χ2n) is 2.74. The van der Waals surface area contributed by atoms with Gasteiger partial charge in [0.2, 0.25) is 0 Å². The van der Waals surface area contributed by atoms with E-state index in [9.17, 15) is 9.59 Å². The monoisotopic (exact) mass is 190 g/mol. The van der Waals surface area contributed by atoms with Crippen LogP contribution in [0.3, 0.4) is 0 Å². The van der Waals surface area contributed by atoms with E-state index in [-0.39, 0.29) is 5.43 Å². The quantitative estimate of drug-likeness (QED) is 0.669. The van der Waals surface area contributed by atoms with Gasteiger partial charge >= 0.3 is 6.09 Å². The van der Waals surface area contributed by atoms with Gasteiger partial charge in [-0.05, 0) is 12.1 Å². The van der Waals surface area contributed by atoms with Gasteiger partial charge in [-0.1, -0.05) is 6.07 Å². The summed E-state index contributed by atoms with van der Waals surface area (Å²) in [5, 5.41) is 8.79. The van der Waals surface area contributed by atoms with Gasteiger partial charge in [-0.2, -0.15) is 0 Å². The molecule has 1 aliphatic carbocycles. The van der Waals surface area contributed by atoms with Crippen molar-refractivity contribution in [3.63, 3.8) is 0 Å². The summed E-state index contributed by atoms with van der Waals surface area (Å²) in [6, 6.07) is 4.45. The highest BCUT2D eigenvalue weighted by molar-refractivity contribution is 5.76. The second-order valence-corrected chi connectivity index (χ2v) is 2.74. The minimum atomic E-state index is -1.16. The van der Waals surface area contributed by atoms with Crippen molar-refractivity contribution in [3.05, 3.63) is 40.9 Å². The first kappa shape index (κ1) is 8.43. The highest BCUT2D eigenvalue weighted by Crippen LogP contribution is 2.14. The third-order valence-corrected chi connectivity index (χ3v) is 1.89. The summed E-state index contributed by atoms with van der Waals surface area (Å²) in [7, 11) is 0. The van der Waals surface area contributed by atoms with Gasteiger partial charge in [0.1, 0.15) is 6.33 Å². The number of carbonyl (C=O) groups is 1. The number of aromatic nitrogens is 2. The molecule has 70 valence electrons. The lowest BCUT2D eigenvalue weighted by atomic mass is 10.1. The first-order valence-electron chi connectivity index (χ1n) is 3.89. The fourth-order valence-electron chi connectivity index (χ4n) is 1.26. The van der Waals surface area contributed by atoms with Crippen LogP contribution >= 0.6 is 0 Å². The number of carboxylic acid groups (broad SMARTS) is 1. The summed E-state index contributed by atoms with van der Waals surface area (Å²) in [5.41, 5.74) is 0.419. The molecule has 0 saturated carbocycles. The third kappa shape index (κ3) is 1.15. The Morgan fingerprint density at radius 2 is 2.21 bits per heavy atom. The topological polar surface area (TPSA) is 72.2 Å². The van der Waals surface area contributed by atoms with Crippen molar-refractivity contribution >= 4 is 6.09 Å². The maximum Gasteiger partial charge on any atom is 0.417 e. The van der Waals surface area contributed by atoms with E-state index in [0.29, 0.717) is 11.3 Å². The molecule has 5 heteroatoms. The number of fused-ring (bicyclic) bond motifs is 1. The number of hydrogen-bond acceptors (Lipinski definition) is 3. The summed E-state index contributed by atoms with van der Waals surface area (Å²) in [4.78, 5) is 25.7. The zero-order valence-corrected chi connectivity index (χ0v) is 7.04. The first-order valence-corrected chi connectivity index (χ1v) is 3.89. The van der Waals surface area contributed by atoms with Gasteiger partial charge in [0.15, 0.2) is 5.43 Å². The maximum atomic E-state index is 11.3. The van der Waals surface area contributed by atoms with Gasteiger partial charge in [0.25, 0.3) is 0 Å². The molecule has 5 nitrogen and oxygen atoms in total. The SMILES string of the molecule is O=C(O)n1cncc2c(=O)cccc1-2. The van der Waals surface area contributed by atoms with Gasteiger partial charge in [0.05, 0.1) is 11.3 Å². The molecule has 0 spiro atoms. The molecule has 0 aromatic heterocycles. The number of rotatable bonds is 0. The number of nitrogens with zero attached hydrogens (tertiary/aromatic N) is 2. The molecule has 0 saturated heterocycles. The van der Waals surface area contributed by atoms with E-state index >= 15 is 0 Å².